The van der Waals surface area contributed by atoms with Crippen LogP contribution in [0.3, 0.4) is 0 Å². The maximum absolute atomic E-state index is 14.2. The standard InChI is InChI=1S/C24H17FN2O4S/c1-30-19-11-12-21(25)15(13-19)14-20-22(28)26-24(32)27(23(20)29)16-7-9-18(10-8-16)31-17-5-3-2-4-6-17/h2-14H,1H3,(H,26,28,32). The maximum atomic E-state index is 14.2. The Labute approximate surface area is 188 Å². The van der Waals surface area contributed by atoms with Gasteiger partial charge in [0.05, 0.1) is 12.8 Å². The Balaban J connectivity index is 1.62. The van der Waals surface area contributed by atoms with Crippen LogP contribution < -0.4 is 19.7 Å². The summed E-state index contributed by atoms with van der Waals surface area (Å²) >= 11 is 5.20. The number of ether oxygens (including phenoxy) is 2. The highest BCUT2D eigenvalue weighted by atomic mass is 32.1. The third kappa shape index (κ3) is 4.35. The molecule has 0 saturated carbocycles. The van der Waals surface area contributed by atoms with Crippen LogP contribution in [-0.4, -0.2) is 24.0 Å². The SMILES string of the molecule is COc1ccc(F)c(C=C2C(=O)NC(=S)N(c3ccc(Oc4ccccc4)cc3)C2=O)c1. The van der Waals surface area contributed by atoms with Crippen LogP contribution in [0, 0.1) is 5.82 Å². The van der Waals surface area contributed by atoms with E-state index in [4.69, 9.17) is 21.7 Å². The van der Waals surface area contributed by atoms with Gasteiger partial charge in [-0.2, -0.15) is 0 Å². The van der Waals surface area contributed by atoms with Crippen LogP contribution in [0.15, 0.2) is 78.4 Å². The predicted molar refractivity (Wildman–Crippen MR) is 122 cm³/mol. The number of amides is 2. The molecule has 0 atom stereocenters. The van der Waals surface area contributed by atoms with Gasteiger partial charge in [-0.05, 0) is 72.9 Å². The minimum Gasteiger partial charge on any atom is -0.497 e. The fourth-order valence-corrected chi connectivity index (χ4v) is 3.38. The topological polar surface area (TPSA) is 67.9 Å². The van der Waals surface area contributed by atoms with Crippen LogP contribution in [0.2, 0.25) is 0 Å². The summed E-state index contributed by atoms with van der Waals surface area (Å²) in [6.07, 6.45) is 1.18. The number of carbonyl (C=O) groups excluding carboxylic acids is 2. The van der Waals surface area contributed by atoms with Crippen molar-refractivity contribution in [3.63, 3.8) is 0 Å². The van der Waals surface area contributed by atoms with Gasteiger partial charge >= 0.3 is 0 Å². The zero-order valence-electron chi connectivity index (χ0n) is 16.9. The number of anilines is 1. The van der Waals surface area contributed by atoms with Gasteiger partial charge in [-0.3, -0.25) is 19.8 Å². The fourth-order valence-electron chi connectivity index (χ4n) is 3.09. The number of thiocarbonyl (C=S) groups is 1. The Morgan fingerprint density at radius 3 is 2.28 bits per heavy atom. The van der Waals surface area contributed by atoms with Crippen LogP contribution in [0.1, 0.15) is 5.56 Å². The highest BCUT2D eigenvalue weighted by Gasteiger charge is 2.34. The third-order valence-corrected chi connectivity index (χ3v) is 4.96. The van der Waals surface area contributed by atoms with Crippen molar-refractivity contribution in [2.45, 2.75) is 0 Å². The third-order valence-electron chi connectivity index (χ3n) is 4.68. The first-order valence-electron chi connectivity index (χ1n) is 9.54. The minimum absolute atomic E-state index is 0.0437. The lowest BCUT2D eigenvalue weighted by atomic mass is 10.1. The molecule has 0 radical (unpaired) electrons. The normalized spacial score (nSPS) is 15.0. The summed E-state index contributed by atoms with van der Waals surface area (Å²) in [6.45, 7) is 0. The van der Waals surface area contributed by atoms with Crippen LogP contribution in [0.25, 0.3) is 6.08 Å². The van der Waals surface area contributed by atoms with E-state index in [-0.39, 0.29) is 16.2 Å². The van der Waals surface area contributed by atoms with Gasteiger partial charge in [0.15, 0.2) is 5.11 Å². The second kappa shape index (κ2) is 8.99. The van der Waals surface area contributed by atoms with Crippen LogP contribution in [0.4, 0.5) is 10.1 Å². The van der Waals surface area contributed by atoms with Crippen molar-refractivity contribution in [2.75, 3.05) is 12.0 Å². The summed E-state index contributed by atoms with van der Waals surface area (Å²) in [6, 6.07) is 19.9. The van der Waals surface area contributed by atoms with Gasteiger partial charge in [0.1, 0.15) is 28.6 Å². The van der Waals surface area contributed by atoms with Gasteiger partial charge in [0.2, 0.25) is 0 Å². The molecule has 0 aromatic heterocycles. The molecule has 1 heterocycles. The minimum atomic E-state index is -0.706. The number of para-hydroxylation sites is 1. The number of carbonyl (C=O) groups is 2. The van der Waals surface area contributed by atoms with E-state index in [9.17, 15) is 14.0 Å². The molecule has 3 aromatic rings. The number of nitrogens with one attached hydrogen (secondary N) is 1. The largest absolute Gasteiger partial charge is 0.497 e. The molecule has 2 amide bonds. The molecule has 4 rings (SSSR count). The number of hydrogen-bond acceptors (Lipinski definition) is 5. The average molecular weight is 448 g/mol. The molecule has 1 fully saturated rings. The van der Waals surface area contributed by atoms with Gasteiger partial charge < -0.3 is 9.47 Å². The number of rotatable bonds is 5. The molecule has 160 valence electrons. The molecule has 1 aliphatic rings. The molecule has 8 heteroatoms. The van der Waals surface area contributed by atoms with E-state index in [0.717, 1.165) is 0 Å². The Morgan fingerprint density at radius 2 is 1.59 bits per heavy atom. The summed E-state index contributed by atoms with van der Waals surface area (Å²) in [5.74, 6) is -0.347. The van der Waals surface area contributed by atoms with E-state index in [1.54, 1.807) is 24.3 Å². The van der Waals surface area contributed by atoms with E-state index in [2.05, 4.69) is 5.32 Å². The lowest BCUT2D eigenvalue weighted by Gasteiger charge is -2.29. The number of halogens is 1. The van der Waals surface area contributed by atoms with Gasteiger partial charge in [-0.1, -0.05) is 18.2 Å². The van der Waals surface area contributed by atoms with E-state index in [1.165, 1.54) is 36.3 Å². The molecule has 1 aliphatic heterocycles. The van der Waals surface area contributed by atoms with Gasteiger partial charge in [0, 0.05) is 5.56 Å². The number of benzene rings is 3. The van der Waals surface area contributed by atoms with Gasteiger partial charge in [0.25, 0.3) is 11.8 Å². The predicted octanol–water partition coefficient (Wildman–Crippen LogP) is 4.46. The Morgan fingerprint density at radius 1 is 0.938 bits per heavy atom. The van der Waals surface area contributed by atoms with Crippen LogP contribution in [-0.2, 0) is 9.59 Å². The Bertz CT molecular complexity index is 1230. The first-order valence-corrected chi connectivity index (χ1v) is 9.95. The van der Waals surface area contributed by atoms with Crippen molar-refractivity contribution in [1.82, 2.24) is 5.32 Å². The number of methoxy groups -OCH3 is 1. The van der Waals surface area contributed by atoms with Gasteiger partial charge in [-0.15, -0.1) is 0 Å². The summed E-state index contributed by atoms with van der Waals surface area (Å²) in [7, 11) is 1.44. The smallest absolute Gasteiger partial charge is 0.270 e. The van der Waals surface area contributed by atoms with Crippen molar-refractivity contribution >= 4 is 40.9 Å². The summed E-state index contributed by atoms with van der Waals surface area (Å²) in [5, 5.41) is 2.41. The number of nitrogens with zero attached hydrogens (tertiary/aromatic N) is 1. The lowest BCUT2D eigenvalue weighted by molar-refractivity contribution is -0.122. The molecule has 0 bridgehead atoms. The monoisotopic (exact) mass is 448 g/mol. The van der Waals surface area contributed by atoms with Gasteiger partial charge in [-0.25, -0.2) is 4.39 Å². The molecule has 0 unspecified atom stereocenters. The second-order valence-electron chi connectivity index (χ2n) is 6.75. The highest BCUT2D eigenvalue weighted by Crippen LogP contribution is 2.27. The van der Waals surface area contributed by atoms with Crippen molar-refractivity contribution in [3.05, 3.63) is 89.8 Å². The lowest BCUT2D eigenvalue weighted by Crippen LogP contribution is -2.54. The van der Waals surface area contributed by atoms with Crippen molar-refractivity contribution < 1.29 is 23.5 Å². The maximum Gasteiger partial charge on any atom is 0.270 e. The average Bonchev–Trinajstić information content (AvgIpc) is 2.79. The number of hydrogen-bond donors (Lipinski definition) is 1. The van der Waals surface area contributed by atoms with Crippen molar-refractivity contribution in [2.24, 2.45) is 0 Å². The molecule has 3 aromatic carbocycles. The van der Waals surface area contributed by atoms with Crippen molar-refractivity contribution in [3.8, 4) is 17.2 Å². The molecule has 0 spiro atoms. The molecular formula is C24H17FN2O4S. The molecule has 1 N–H and O–H groups in total. The zero-order chi connectivity index (χ0) is 22.7. The molecular weight excluding hydrogens is 431 g/mol. The molecule has 32 heavy (non-hydrogen) atoms. The van der Waals surface area contributed by atoms with Crippen LogP contribution >= 0.6 is 12.2 Å². The van der Waals surface area contributed by atoms with E-state index >= 15 is 0 Å². The molecule has 1 saturated heterocycles. The van der Waals surface area contributed by atoms with Crippen LogP contribution in [0.5, 0.6) is 17.2 Å². The zero-order valence-corrected chi connectivity index (χ0v) is 17.7. The van der Waals surface area contributed by atoms with Crippen molar-refractivity contribution in [1.29, 1.82) is 0 Å². The summed E-state index contributed by atoms with van der Waals surface area (Å²) in [5.41, 5.74) is 0.218. The highest BCUT2D eigenvalue weighted by molar-refractivity contribution is 7.80. The second-order valence-corrected chi connectivity index (χ2v) is 7.14. The van der Waals surface area contributed by atoms with E-state index in [0.29, 0.717) is 22.9 Å². The summed E-state index contributed by atoms with van der Waals surface area (Å²) in [4.78, 5) is 26.7. The molecule has 6 nitrogen and oxygen atoms in total. The Hall–Kier alpha value is -4.04. The van der Waals surface area contributed by atoms with E-state index < -0.39 is 17.6 Å². The quantitative estimate of drug-likeness (QED) is 0.355. The Kier molecular flexibility index (Phi) is 5.96. The van der Waals surface area contributed by atoms with E-state index in [1.807, 2.05) is 30.3 Å². The first kappa shape index (κ1) is 21.2. The molecule has 0 aliphatic carbocycles. The first-order chi connectivity index (χ1) is 15.5. The fraction of sp³-hybridized carbons (Fsp3) is 0.0417. The summed E-state index contributed by atoms with van der Waals surface area (Å²) < 4.78 is 25.1.